The van der Waals surface area contributed by atoms with E-state index >= 15 is 0 Å². The topological polar surface area (TPSA) is 60.9 Å². The average molecular weight is 427 g/mol. The molecule has 7 heteroatoms. The number of hydrogen-bond donors (Lipinski definition) is 0. The number of rotatable bonds is 9. The van der Waals surface area contributed by atoms with Gasteiger partial charge in [0.15, 0.2) is 11.5 Å². The molecule has 0 saturated heterocycles. The fourth-order valence-electron chi connectivity index (χ4n) is 2.95. The lowest BCUT2D eigenvalue weighted by Crippen LogP contribution is -2.36. The summed E-state index contributed by atoms with van der Waals surface area (Å²) in [4.78, 5) is 19.5. The third-order valence-electron chi connectivity index (χ3n) is 4.55. The van der Waals surface area contributed by atoms with Crippen molar-refractivity contribution >= 4 is 17.2 Å². The summed E-state index contributed by atoms with van der Waals surface area (Å²) in [7, 11) is 3.21. The molecule has 0 saturated carbocycles. The SMILES string of the molecule is COc1cccc(C(=O)N(Cc2csc(COc3ccccc3OC)n2)C(C)C)c1. The molecule has 0 bridgehead atoms. The zero-order chi connectivity index (χ0) is 21.5. The Labute approximate surface area is 181 Å². The van der Waals surface area contributed by atoms with Gasteiger partial charge in [-0.1, -0.05) is 18.2 Å². The van der Waals surface area contributed by atoms with E-state index in [1.807, 2.05) is 55.6 Å². The molecule has 0 aliphatic heterocycles. The molecule has 0 radical (unpaired) electrons. The van der Waals surface area contributed by atoms with Gasteiger partial charge in [0, 0.05) is 17.0 Å². The Morgan fingerprint density at radius 2 is 1.83 bits per heavy atom. The molecular weight excluding hydrogens is 400 g/mol. The predicted molar refractivity (Wildman–Crippen MR) is 117 cm³/mol. The Balaban J connectivity index is 1.68. The number of carbonyl (C=O) groups is 1. The van der Waals surface area contributed by atoms with Crippen molar-refractivity contribution in [1.82, 2.24) is 9.88 Å². The third kappa shape index (κ3) is 5.30. The van der Waals surface area contributed by atoms with Gasteiger partial charge in [-0.3, -0.25) is 4.79 Å². The van der Waals surface area contributed by atoms with E-state index in [0.29, 0.717) is 36.0 Å². The summed E-state index contributed by atoms with van der Waals surface area (Å²) in [5, 5.41) is 2.81. The summed E-state index contributed by atoms with van der Waals surface area (Å²) < 4.78 is 16.4. The highest BCUT2D eigenvalue weighted by molar-refractivity contribution is 7.09. The quantitative estimate of drug-likeness (QED) is 0.492. The van der Waals surface area contributed by atoms with Crippen molar-refractivity contribution in [2.75, 3.05) is 14.2 Å². The van der Waals surface area contributed by atoms with Crippen molar-refractivity contribution < 1.29 is 19.0 Å². The van der Waals surface area contributed by atoms with Crippen molar-refractivity contribution in [1.29, 1.82) is 0 Å². The molecule has 0 spiro atoms. The number of hydrogen-bond acceptors (Lipinski definition) is 6. The summed E-state index contributed by atoms with van der Waals surface area (Å²) in [6, 6.07) is 14.7. The van der Waals surface area contributed by atoms with Crippen LogP contribution >= 0.6 is 11.3 Å². The minimum atomic E-state index is -0.0521. The fraction of sp³-hybridized carbons (Fsp3) is 0.304. The molecule has 3 aromatic rings. The number of benzene rings is 2. The molecule has 2 aromatic carbocycles. The van der Waals surface area contributed by atoms with Gasteiger partial charge in [0.05, 0.1) is 26.5 Å². The number of aromatic nitrogens is 1. The first-order valence-electron chi connectivity index (χ1n) is 9.66. The van der Waals surface area contributed by atoms with Crippen molar-refractivity contribution in [3.8, 4) is 17.2 Å². The second kappa shape index (κ2) is 10.1. The number of nitrogens with zero attached hydrogens (tertiary/aromatic N) is 2. The number of para-hydroxylation sites is 2. The second-order valence-corrected chi connectivity index (χ2v) is 7.87. The highest BCUT2D eigenvalue weighted by Gasteiger charge is 2.21. The van der Waals surface area contributed by atoms with Crippen LogP contribution < -0.4 is 14.2 Å². The summed E-state index contributed by atoms with van der Waals surface area (Å²) in [6.07, 6.45) is 0. The van der Waals surface area contributed by atoms with Gasteiger partial charge in [0.25, 0.3) is 5.91 Å². The lowest BCUT2D eigenvalue weighted by molar-refractivity contribution is 0.0687. The summed E-state index contributed by atoms with van der Waals surface area (Å²) in [6.45, 7) is 4.77. The highest BCUT2D eigenvalue weighted by Crippen LogP contribution is 2.27. The Kier molecular flexibility index (Phi) is 7.30. The van der Waals surface area contributed by atoms with Gasteiger partial charge in [0.1, 0.15) is 17.4 Å². The number of amides is 1. The largest absolute Gasteiger partial charge is 0.497 e. The van der Waals surface area contributed by atoms with Gasteiger partial charge < -0.3 is 19.1 Å². The Morgan fingerprint density at radius 1 is 1.07 bits per heavy atom. The first-order chi connectivity index (χ1) is 14.5. The minimum absolute atomic E-state index is 0.0266. The lowest BCUT2D eigenvalue weighted by Gasteiger charge is -2.26. The molecule has 6 nitrogen and oxygen atoms in total. The monoisotopic (exact) mass is 426 g/mol. The molecule has 158 valence electrons. The van der Waals surface area contributed by atoms with E-state index in [0.717, 1.165) is 10.7 Å². The predicted octanol–water partition coefficient (Wildman–Crippen LogP) is 4.79. The molecule has 3 rings (SSSR count). The standard InChI is InChI=1S/C23H26N2O4S/c1-16(2)25(23(26)17-8-7-9-19(12-17)27-3)13-18-15-30-22(24-18)14-29-21-11-6-5-10-20(21)28-4/h5-12,15-16H,13-14H2,1-4H3. The highest BCUT2D eigenvalue weighted by atomic mass is 32.1. The smallest absolute Gasteiger partial charge is 0.254 e. The molecular formula is C23H26N2O4S. The van der Waals surface area contributed by atoms with E-state index in [2.05, 4.69) is 4.98 Å². The fourth-order valence-corrected chi connectivity index (χ4v) is 3.65. The first-order valence-corrected chi connectivity index (χ1v) is 10.5. The number of carbonyl (C=O) groups excluding carboxylic acids is 1. The average Bonchev–Trinajstić information content (AvgIpc) is 3.23. The number of methoxy groups -OCH3 is 2. The van der Waals surface area contributed by atoms with E-state index in [1.54, 1.807) is 31.3 Å². The van der Waals surface area contributed by atoms with Crippen molar-refractivity contribution in [2.45, 2.75) is 33.0 Å². The van der Waals surface area contributed by atoms with Gasteiger partial charge in [-0.15, -0.1) is 11.3 Å². The van der Waals surface area contributed by atoms with Crippen molar-refractivity contribution in [3.63, 3.8) is 0 Å². The van der Waals surface area contributed by atoms with Crippen LogP contribution in [0.15, 0.2) is 53.9 Å². The first kappa shape index (κ1) is 21.6. The van der Waals surface area contributed by atoms with Crippen LogP contribution in [0.2, 0.25) is 0 Å². The zero-order valence-electron chi connectivity index (χ0n) is 17.6. The van der Waals surface area contributed by atoms with Crippen LogP contribution in [0.1, 0.15) is 34.9 Å². The normalized spacial score (nSPS) is 10.7. The van der Waals surface area contributed by atoms with Gasteiger partial charge in [-0.05, 0) is 44.2 Å². The number of ether oxygens (including phenoxy) is 3. The minimum Gasteiger partial charge on any atom is -0.497 e. The van der Waals surface area contributed by atoms with Crippen LogP contribution in [0.3, 0.4) is 0 Å². The lowest BCUT2D eigenvalue weighted by atomic mass is 10.1. The maximum atomic E-state index is 13.1. The van der Waals surface area contributed by atoms with Gasteiger partial charge in [0.2, 0.25) is 0 Å². The van der Waals surface area contributed by atoms with Gasteiger partial charge in [-0.2, -0.15) is 0 Å². The van der Waals surface area contributed by atoms with Crippen LogP contribution in [0.25, 0.3) is 0 Å². The van der Waals surface area contributed by atoms with Gasteiger partial charge in [-0.25, -0.2) is 4.98 Å². The van der Waals surface area contributed by atoms with Crippen LogP contribution in [0.4, 0.5) is 0 Å². The molecule has 1 amide bonds. The van der Waals surface area contributed by atoms with Crippen LogP contribution in [0, 0.1) is 0 Å². The van der Waals surface area contributed by atoms with Crippen LogP contribution in [-0.2, 0) is 13.2 Å². The molecule has 1 aromatic heterocycles. The van der Waals surface area contributed by atoms with E-state index in [9.17, 15) is 4.79 Å². The van der Waals surface area contributed by atoms with Crippen LogP contribution in [0.5, 0.6) is 17.2 Å². The summed E-state index contributed by atoms with van der Waals surface area (Å²) >= 11 is 1.51. The van der Waals surface area contributed by atoms with E-state index < -0.39 is 0 Å². The molecule has 0 unspecified atom stereocenters. The molecule has 0 aliphatic carbocycles. The van der Waals surface area contributed by atoms with Gasteiger partial charge >= 0.3 is 0 Å². The third-order valence-corrected chi connectivity index (χ3v) is 5.42. The molecule has 0 atom stereocenters. The summed E-state index contributed by atoms with van der Waals surface area (Å²) in [5.41, 5.74) is 1.43. The molecule has 1 heterocycles. The summed E-state index contributed by atoms with van der Waals surface area (Å²) in [5.74, 6) is 1.97. The van der Waals surface area contributed by atoms with E-state index in [-0.39, 0.29) is 11.9 Å². The van der Waals surface area contributed by atoms with Crippen LogP contribution in [-0.4, -0.2) is 36.1 Å². The molecule has 0 N–H and O–H groups in total. The maximum absolute atomic E-state index is 13.1. The molecule has 0 fully saturated rings. The maximum Gasteiger partial charge on any atom is 0.254 e. The van der Waals surface area contributed by atoms with E-state index in [1.165, 1.54) is 11.3 Å². The second-order valence-electron chi connectivity index (χ2n) is 6.93. The zero-order valence-corrected chi connectivity index (χ0v) is 18.4. The van der Waals surface area contributed by atoms with Crippen molar-refractivity contribution in [2.24, 2.45) is 0 Å². The molecule has 0 aliphatic rings. The van der Waals surface area contributed by atoms with E-state index in [4.69, 9.17) is 14.2 Å². The molecule has 30 heavy (non-hydrogen) atoms. The Morgan fingerprint density at radius 3 is 2.53 bits per heavy atom. The number of thiazole rings is 1. The van der Waals surface area contributed by atoms with Crippen molar-refractivity contribution in [3.05, 3.63) is 70.2 Å². The Hall–Kier alpha value is -3.06. The Bertz CT molecular complexity index is 987.